The molecule has 0 atom stereocenters. The van der Waals surface area contributed by atoms with Crippen molar-refractivity contribution in [3.63, 3.8) is 0 Å². The van der Waals surface area contributed by atoms with Crippen LogP contribution in [-0.2, 0) is 9.59 Å². The molecule has 1 aliphatic carbocycles. The fraction of sp³-hybridized carbons (Fsp3) is 0.769. The summed E-state index contributed by atoms with van der Waals surface area (Å²) < 4.78 is 0. The molecule has 2 amide bonds. The molecule has 5 heteroatoms. The van der Waals surface area contributed by atoms with Crippen LogP contribution in [0.1, 0.15) is 46.0 Å². The molecule has 2 aliphatic rings. The molecule has 0 unspecified atom stereocenters. The normalized spacial score (nSPS) is 25.1. The van der Waals surface area contributed by atoms with Gasteiger partial charge in [-0.15, -0.1) is 0 Å². The summed E-state index contributed by atoms with van der Waals surface area (Å²) in [6, 6.07) is 0. The number of hydrogen-bond donors (Lipinski definition) is 1. The number of hydrogen-bond acceptors (Lipinski definition) is 3. The minimum absolute atomic E-state index is 0.0152. The maximum absolute atomic E-state index is 12.1. The van der Waals surface area contributed by atoms with Crippen molar-refractivity contribution in [3.8, 4) is 0 Å². The molecule has 100 valence electrons. The molecule has 0 radical (unpaired) electrons. The quantitative estimate of drug-likeness (QED) is 0.621. The van der Waals surface area contributed by atoms with E-state index in [2.05, 4.69) is 0 Å². The fourth-order valence-electron chi connectivity index (χ4n) is 2.66. The van der Waals surface area contributed by atoms with E-state index in [1.165, 1.54) is 4.90 Å². The molecule has 2 N–H and O–H groups in total. The first-order valence-corrected chi connectivity index (χ1v) is 6.75. The predicted molar refractivity (Wildman–Crippen MR) is 72.8 cm³/mol. The Morgan fingerprint density at radius 2 is 1.78 bits per heavy atom. The highest BCUT2D eigenvalue weighted by Gasteiger charge is 2.48. The first kappa shape index (κ1) is 13.5. The second kappa shape index (κ2) is 4.30. The predicted octanol–water partition coefficient (Wildman–Crippen LogP) is 1.62. The van der Waals surface area contributed by atoms with Crippen LogP contribution in [0.25, 0.3) is 0 Å². The molecule has 0 spiro atoms. The van der Waals surface area contributed by atoms with Gasteiger partial charge in [0, 0.05) is 25.8 Å². The topological polar surface area (TPSA) is 63.4 Å². The van der Waals surface area contributed by atoms with Crippen molar-refractivity contribution in [1.82, 2.24) is 4.90 Å². The third kappa shape index (κ3) is 2.88. The molecule has 4 nitrogen and oxygen atoms in total. The summed E-state index contributed by atoms with van der Waals surface area (Å²) in [7, 11) is 0. The monoisotopic (exact) mass is 268 g/mol. The number of amides is 2. The summed E-state index contributed by atoms with van der Waals surface area (Å²) in [5.41, 5.74) is 5.36. The van der Waals surface area contributed by atoms with Gasteiger partial charge in [-0.1, -0.05) is 26.1 Å². The molecular formula is C13H20N2O2S. The van der Waals surface area contributed by atoms with Gasteiger partial charge < -0.3 is 5.73 Å². The third-order valence-corrected chi connectivity index (χ3v) is 4.01. The summed E-state index contributed by atoms with van der Waals surface area (Å²) in [5, 5.41) is 0. The van der Waals surface area contributed by atoms with Gasteiger partial charge in [-0.3, -0.25) is 14.5 Å². The first-order valence-electron chi connectivity index (χ1n) is 6.35. The van der Waals surface area contributed by atoms with Crippen molar-refractivity contribution >= 4 is 29.0 Å². The molecule has 0 aromatic rings. The Hall–Kier alpha value is -0.970. The van der Waals surface area contributed by atoms with Gasteiger partial charge in [0.15, 0.2) is 0 Å². The number of piperidine rings is 1. The molecule has 1 saturated carbocycles. The highest BCUT2D eigenvalue weighted by molar-refractivity contribution is 7.80. The molecule has 2 rings (SSSR count). The lowest BCUT2D eigenvalue weighted by Crippen LogP contribution is -2.48. The zero-order chi connectivity index (χ0) is 13.6. The Bertz CT molecular complexity index is 393. The lowest BCUT2D eigenvalue weighted by Gasteiger charge is -2.36. The van der Waals surface area contributed by atoms with Crippen LogP contribution < -0.4 is 5.73 Å². The van der Waals surface area contributed by atoms with Crippen LogP contribution >= 0.6 is 12.2 Å². The van der Waals surface area contributed by atoms with Gasteiger partial charge in [-0.05, 0) is 23.7 Å². The van der Waals surface area contributed by atoms with Crippen LogP contribution in [-0.4, -0.2) is 28.2 Å². The average molecular weight is 268 g/mol. The van der Waals surface area contributed by atoms with Crippen LogP contribution in [0.2, 0.25) is 0 Å². The number of nitrogens with two attached hydrogens (primary N) is 1. The van der Waals surface area contributed by atoms with E-state index in [1.54, 1.807) is 0 Å². The third-order valence-electron chi connectivity index (χ3n) is 3.86. The van der Waals surface area contributed by atoms with Gasteiger partial charge in [0.05, 0.1) is 4.99 Å². The first-order chi connectivity index (χ1) is 8.23. The molecule has 0 bridgehead atoms. The lowest BCUT2D eigenvalue weighted by atomic mass is 9.81. The van der Waals surface area contributed by atoms with Crippen molar-refractivity contribution < 1.29 is 9.59 Å². The highest BCUT2D eigenvalue weighted by Crippen LogP contribution is 2.50. The summed E-state index contributed by atoms with van der Waals surface area (Å²) in [6.07, 6.45) is 3.54. The number of likely N-dealkylation sites (tertiary alicyclic amines) is 1. The molecule has 18 heavy (non-hydrogen) atoms. The van der Waals surface area contributed by atoms with Crippen molar-refractivity contribution in [2.45, 2.75) is 46.0 Å². The van der Waals surface area contributed by atoms with E-state index < -0.39 is 0 Å². The van der Waals surface area contributed by atoms with E-state index in [4.69, 9.17) is 18.0 Å². The second-order valence-electron chi connectivity index (χ2n) is 6.53. The van der Waals surface area contributed by atoms with Gasteiger partial charge in [0.25, 0.3) is 0 Å². The van der Waals surface area contributed by atoms with Gasteiger partial charge in [0.2, 0.25) is 11.8 Å². The van der Waals surface area contributed by atoms with E-state index in [0.29, 0.717) is 30.8 Å². The Kier molecular flexibility index (Phi) is 3.21. The smallest absolute Gasteiger partial charge is 0.229 e. The Morgan fingerprint density at radius 1 is 1.28 bits per heavy atom. The highest BCUT2D eigenvalue weighted by atomic mass is 32.1. The van der Waals surface area contributed by atoms with E-state index >= 15 is 0 Å². The second-order valence-corrected chi connectivity index (χ2v) is 7.06. The number of rotatable bonds is 4. The molecule has 2 fully saturated rings. The van der Waals surface area contributed by atoms with Crippen molar-refractivity contribution in [3.05, 3.63) is 0 Å². The zero-order valence-corrected chi connectivity index (χ0v) is 11.8. The van der Waals surface area contributed by atoms with Gasteiger partial charge >= 0.3 is 0 Å². The number of thiocarbonyl (C=S) groups is 1. The minimum atomic E-state index is -0.204. The summed E-state index contributed by atoms with van der Waals surface area (Å²) in [4.78, 5) is 26.0. The van der Waals surface area contributed by atoms with Crippen LogP contribution in [0.15, 0.2) is 0 Å². The van der Waals surface area contributed by atoms with Gasteiger partial charge in [-0.25, -0.2) is 0 Å². The standard InChI is InChI=1S/C13H20N2O2S/c1-12(2)6-10(16)15(11(17)7-12)8-13(3-4-13)5-9(14)18/h3-8H2,1-2H3,(H2,14,18). The Balaban J connectivity index is 2.04. The number of nitrogens with zero attached hydrogens (tertiary/aromatic N) is 1. The molecule has 0 aromatic carbocycles. The molecule has 0 aromatic heterocycles. The summed E-state index contributed by atoms with van der Waals surface area (Å²) in [6.45, 7) is 4.42. The molecule has 1 saturated heterocycles. The van der Waals surface area contributed by atoms with Crippen molar-refractivity contribution in [2.24, 2.45) is 16.6 Å². The van der Waals surface area contributed by atoms with Crippen LogP contribution in [0.5, 0.6) is 0 Å². The fourth-order valence-corrected chi connectivity index (χ4v) is 2.97. The molecular weight excluding hydrogens is 248 g/mol. The maximum atomic E-state index is 12.1. The Morgan fingerprint density at radius 3 is 2.17 bits per heavy atom. The lowest BCUT2D eigenvalue weighted by molar-refractivity contribution is -0.153. The molecule has 1 aliphatic heterocycles. The van der Waals surface area contributed by atoms with E-state index in [9.17, 15) is 9.59 Å². The zero-order valence-electron chi connectivity index (χ0n) is 11.0. The van der Waals surface area contributed by atoms with E-state index in [1.807, 2.05) is 13.8 Å². The van der Waals surface area contributed by atoms with E-state index in [-0.39, 0.29) is 22.6 Å². The van der Waals surface area contributed by atoms with Gasteiger partial charge in [0.1, 0.15) is 0 Å². The number of carbonyl (C=O) groups excluding carboxylic acids is 2. The van der Waals surface area contributed by atoms with Crippen LogP contribution in [0.3, 0.4) is 0 Å². The largest absolute Gasteiger partial charge is 0.393 e. The van der Waals surface area contributed by atoms with Crippen LogP contribution in [0.4, 0.5) is 0 Å². The minimum Gasteiger partial charge on any atom is -0.393 e. The summed E-state index contributed by atoms with van der Waals surface area (Å²) in [5.74, 6) is -0.101. The van der Waals surface area contributed by atoms with Crippen molar-refractivity contribution in [1.29, 1.82) is 0 Å². The number of carbonyl (C=O) groups is 2. The van der Waals surface area contributed by atoms with Crippen LogP contribution in [0, 0.1) is 10.8 Å². The SMILES string of the molecule is CC1(C)CC(=O)N(CC2(CC(N)=S)CC2)C(=O)C1. The average Bonchev–Trinajstić information content (AvgIpc) is 2.89. The van der Waals surface area contributed by atoms with Gasteiger partial charge in [-0.2, -0.15) is 0 Å². The maximum Gasteiger partial charge on any atom is 0.229 e. The molecule has 1 heterocycles. The van der Waals surface area contributed by atoms with E-state index in [0.717, 1.165) is 12.8 Å². The van der Waals surface area contributed by atoms with Crippen molar-refractivity contribution in [2.75, 3.05) is 6.54 Å². The number of imide groups is 1. The Labute approximate surface area is 113 Å². The summed E-state index contributed by atoms with van der Waals surface area (Å²) >= 11 is 4.94.